The lowest BCUT2D eigenvalue weighted by atomic mass is 10.2. The number of hydrogen-bond acceptors (Lipinski definition) is 4. The average Bonchev–Trinajstić information content (AvgIpc) is 2.38. The maximum absolute atomic E-state index is 13.1. The molecule has 0 saturated heterocycles. The normalized spacial score (nSPS) is 10.2. The standard InChI is InChI=1S/C15H15FN2O2/c1-3-20-15(19)11-7-10(2)17-14(8-11)18-13-6-4-5-12(16)9-13/h4-9H,3H2,1-2H3,(H,17,18). The van der Waals surface area contributed by atoms with Crippen molar-refractivity contribution in [2.75, 3.05) is 11.9 Å². The van der Waals surface area contributed by atoms with E-state index >= 15 is 0 Å². The fraction of sp³-hybridized carbons (Fsp3) is 0.200. The molecule has 0 bridgehead atoms. The number of pyridine rings is 1. The van der Waals surface area contributed by atoms with Gasteiger partial charge in [0.15, 0.2) is 0 Å². The Balaban J connectivity index is 2.26. The molecule has 0 atom stereocenters. The molecule has 1 aromatic carbocycles. The van der Waals surface area contributed by atoms with Gasteiger partial charge in [0, 0.05) is 11.4 Å². The number of esters is 1. The first-order chi connectivity index (χ1) is 9.58. The first-order valence-corrected chi connectivity index (χ1v) is 6.27. The molecule has 0 radical (unpaired) electrons. The predicted octanol–water partition coefficient (Wildman–Crippen LogP) is 3.45. The summed E-state index contributed by atoms with van der Waals surface area (Å²) in [7, 11) is 0. The summed E-state index contributed by atoms with van der Waals surface area (Å²) in [5.41, 5.74) is 1.66. The monoisotopic (exact) mass is 274 g/mol. The zero-order chi connectivity index (χ0) is 14.5. The summed E-state index contributed by atoms with van der Waals surface area (Å²) in [6.45, 7) is 3.84. The van der Waals surface area contributed by atoms with Crippen LogP contribution in [0.3, 0.4) is 0 Å². The summed E-state index contributed by atoms with van der Waals surface area (Å²) in [5.74, 6) is -0.271. The lowest BCUT2D eigenvalue weighted by Crippen LogP contribution is -2.07. The number of carbonyl (C=O) groups excluding carboxylic acids is 1. The zero-order valence-electron chi connectivity index (χ0n) is 11.3. The summed E-state index contributed by atoms with van der Waals surface area (Å²) < 4.78 is 18.1. The van der Waals surface area contributed by atoms with Crippen LogP contribution < -0.4 is 5.32 Å². The van der Waals surface area contributed by atoms with E-state index in [-0.39, 0.29) is 5.82 Å². The van der Waals surface area contributed by atoms with Gasteiger partial charge in [0.2, 0.25) is 0 Å². The molecule has 2 aromatic rings. The van der Waals surface area contributed by atoms with Crippen molar-refractivity contribution in [2.45, 2.75) is 13.8 Å². The quantitative estimate of drug-likeness (QED) is 0.868. The topological polar surface area (TPSA) is 51.2 Å². The van der Waals surface area contributed by atoms with Gasteiger partial charge in [-0.1, -0.05) is 6.07 Å². The summed E-state index contributed by atoms with van der Waals surface area (Å²) in [4.78, 5) is 16.0. The number of nitrogens with zero attached hydrogens (tertiary/aromatic N) is 1. The van der Waals surface area contributed by atoms with Crippen molar-refractivity contribution in [3.05, 3.63) is 53.5 Å². The van der Waals surface area contributed by atoms with Crippen molar-refractivity contribution in [1.29, 1.82) is 0 Å². The smallest absolute Gasteiger partial charge is 0.338 e. The van der Waals surface area contributed by atoms with Crippen molar-refractivity contribution < 1.29 is 13.9 Å². The lowest BCUT2D eigenvalue weighted by Gasteiger charge is -2.09. The largest absolute Gasteiger partial charge is 0.462 e. The molecule has 0 amide bonds. The molecule has 104 valence electrons. The van der Waals surface area contributed by atoms with Gasteiger partial charge >= 0.3 is 5.97 Å². The third-order valence-corrected chi connectivity index (χ3v) is 2.56. The minimum atomic E-state index is -0.403. The van der Waals surface area contributed by atoms with Crippen molar-refractivity contribution in [2.24, 2.45) is 0 Å². The molecule has 0 fully saturated rings. The van der Waals surface area contributed by atoms with E-state index in [0.29, 0.717) is 29.4 Å². The Morgan fingerprint density at radius 2 is 2.15 bits per heavy atom. The Morgan fingerprint density at radius 3 is 2.85 bits per heavy atom. The van der Waals surface area contributed by atoms with E-state index in [2.05, 4.69) is 10.3 Å². The minimum Gasteiger partial charge on any atom is -0.462 e. The van der Waals surface area contributed by atoms with Gasteiger partial charge in [0.05, 0.1) is 12.2 Å². The van der Waals surface area contributed by atoms with E-state index in [0.717, 1.165) is 0 Å². The molecule has 1 aromatic heterocycles. The molecular weight excluding hydrogens is 259 g/mol. The first-order valence-electron chi connectivity index (χ1n) is 6.27. The van der Waals surface area contributed by atoms with E-state index in [1.807, 2.05) is 0 Å². The van der Waals surface area contributed by atoms with Gasteiger partial charge in [-0.15, -0.1) is 0 Å². The first kappa shape index (κ1) is 14.0. The molecule has 1 heterocycles. The molecule has 0 aliphatic carbocycles. The highest BCUT2D eigenvalue weighted by molar-refractivity contribution is 5.90. The molecule has 0 aliphatic rings. The number of benzene rings is 1. The molecule has 0 saturated carbocycles. The van der Waals surface area contributed by atoms with Crippen molar-refractivity contribution in [1.82, 2.24) is 4.98 Å². The van der Waals surface area contributed by atoms with Gasteiger partial charge in [-0.05, 0) is 44.2 Å². The fourth-order valence-corrected chi connectivity index (χ4v) is 1.78. The lowest BCUT2D eigenvalue weighted by molar-refractivity contribution is 0.0526. The maximum Gasteiger partial charge on any atom is 0.338 e. The molecular formula is C15H15FN2O2. The molecule has 0 spiro atoms. The number of hydrogen-bond donors (Lipinski definition) is 1. The number of halogens is 1. The van der Waals surface area contributed by atoms with Crippen LogP contribution in [0.1, 0.15) is 23.0 Å². The maximum atomic E-state index is 13.1. The highest BCUT2D eigenvalue weighted by atomic mass is 19.1. The highest BCUT2D eigenvalue weighted by Gasteiger charge is 2.09. The van der Waals surface area contributed by atoms with Crippen molar-refractivity contribution in [3.8, 4) is 0 Å². The Hall–Kier alpha value is -2.43. The van der Waals surface area contributed by atoms with E-state index in [4.69, 9.17) is 4.74 Å². The second-order valence-electron chi connectivity index (χ2n) is 4.24. The molecule has 1 N–H and O–H groups in total. The van der Waals surface area contributed by atoms with E-state index in [1.54, 1.807) is 38.1 Å². The van der Waals surface area contributed by atoms with Gasteiger partial charge in [0.1, 0.15) is 11.6 Å². The number of aromatic nitrogens is 1. The minimum absolute atomic E-state index is 0.312. The van der Waals surface area contributed by atoms with Crippen molar-refractivity contribution in [3.63, 3.8) is 0 Å². The Bertz CT molecular complexity index is 629. The zero-order valence-corrected chi connectivity index (χ0v) is 11.3. The Morgan fingerprint density at radius 1 is 1.35 bits per heavy atom. The number of rotatable bonds is 4. The van der Waals surface area contributed by atoms with Gasteiger partial charge in [-0.3, -0.25) is 0 Å². The number of aryl methyl sites for hydroxylation is 1. The number of anilines is 2. The fourth-order valence-electron chi connectivity index (χ4n) is 1.78. The summed E-state index contributed by atoms with van der Waals surface area (Å²) in [6, 6.07) is 9.26. The highest BCUT2D eigenvalue weighted by Crippen LogP contribution is 2.18. The third kappa shape index (κ3) is 3.54. The van der Waals surface area contributed by atoms with E-state index in [9.17, 15) is 9.18 Å². The van der Waals surface area contributed by atoms with E-state index in [1.165, 1.54) is 12.1 Å². The van der Waals surface area contributed by atoms with Gasteiger partial charge in [-0.2, -0.15) is 0 Å². The second kappa shape index (κ2) is 6.14. The number of ether oxygens (including phenoxy) is 1. The molecule has 20 heavy (non-hydrogen) atoms. The van der Waals surface area contributed by atoms with Crippen LogP contribution in [0.5, 0.6) is 0 Å². The third-order valence-electron chi connectivity index (χ3n) is 2.56. The van der Waals surface area contributed by atoms with Crippen LogP contribution in [-0.2, 0) is 4.74 Å². The van der Waals surface area contributed by atoms with Crippen LogP contribution in [0.25, 0.3) is 0 Å². The molecule has 0 aliphatic heterocycles. The summed E-state index contributed by atoms with van der Waals surface area (Å²) >= 11 is 0. The predicted molar refractivity (Wildman–Crippen MR) is 74.6 cm³/mol. The van der Waals surface area contributed by atoms with Crippen LogP contribution in [0.15, 0.2) is 36.4 Å². The molecule has 5 heteroatoms. The van der Waals surface area contributed by atoms with Crippen LogP contribution in [0.4, 0.5) is 15.9 Å². The number of carbonyl (C=O) groups is 1. The summed E-state index contributed by atoms with van der Waals surface area (Å²) in [6.07, 6.45) is 0. The SMILES string of the molecule is CCOC(=O)c1cc(C)nc(Nc2cccc(F)c2)c1. The Labute approximate surface area is 116 Å². The second-order valence-corrected chi connectivity index (χ2v) is 4.24. The molecule has 2 rings (SSSR count). The Kier molecular flexibility index (Phi) is 4.30. The summed E-state index contributed by atoms with van der Waals surface area (Å²) in [5, 5.41) is 2.96. The van der Waals surface area contributed by atoms with Gasteiger partial charge in [0.25, 0.3) is 0 Å². The average molecular weight is 274 g/mol. The van der Waals surface area contributed by atoms with Crippen LogP contribution in [0.2, 0.25) is 0 Å². The van der Waals surface area contributed by atoms with Crippen LogP contribution >= 0.6 is 0 Å². The molecule has 0 unspecified atom stereocenters. The van der Waals surface area contributed by atoms with Crippen LogP contribution in [-0.4, -0.2) is 17.6 Å². The van der Waals surface area contributed by atoms with Gasteiger partial charge in [-0.25, -0.2) is 14.2 Å². The molecule has 4 nitrogen and oxygen atoms in total. The van der Waals surface area contributed by atoms with E-state index < -0.39 is 5.97 Å². The van der Waals surface area contributed by atoms with Crippen molar-refractivity contribution >= 4 is 17.5 Å². The van der Waals surface area contributed by atoms with Crippen LogP contribution in [0, 0.1) is 12.7 Å². The number of nitrogens with one attached hydrogen (secondary N) is 1. The van der Waals surface area contributed by atoms with Gasteiger partial charge < -0.3 is 10.1 Å².